The summed E-state index contributed by atoms with van der Waals surface area (Å²) < 4.78 is 5.34. The fourth-order valence-electron chi connectivity index (χ4n) is 3.70. The van der Waals surface area contributed by atoms with Gasteiger partial charge in [-0.3, -0.25) is 14.6 Å². The molecule has 2 saturated heterocycles. The highest BCUT2D eigenvalue weighted by Gasteiger charge is 2.30. The van der Waals surface area contributed by atoms with Crippen molar-refractivity contribution < 1.29 is 19.4 Å². The molecule has 2 fully saturated rings. The first-order chi connectivity index (χ1) is 12.1. The van der Waals surface area contributed by atoms with E-state index in [1.54, 1.807) is 0 Å². The smallest absolute Gasteiger partial charge is 0.303 e. The zero-order valence-corrected chi connectivity index (χ0v) is 14.5. The van der Waals surface area contributed by atoms with Gasteiger partial charge in [-0.15, -0.1) is 0 Å². The minimum Gasteiger partial charge on any atom is -0.481 e. The summed E-state index contributed by atoms with van der Waals surface area (Å²) in [7, 11) is 0. The van der Waals surface area contributed by atoms with E-state index in [9.17, 15) is 9.59 Å². The Morgan fingerprint density at radius 2 is 1.88 bits per heavy atom. The van der Waals surface area contributed by atoms with Crippen molar-refractivity contribution in [2.24, 2.45) is 5.92 Å². The van der Waals surface area contributed by atoms with Crippen LogP contribution < -0.4 is 0 Å². The number of aliphatic carboxylic acids is 1. The van der Waals surface area contributed by atoms with Crippen molar-refractivity contribution in [2.45, 2.75) is 44.4 Å². The molecule has 1 amide bonds. The van der Waals surface area contributed by atoms with Crippen LogP contribution in [0.5, 0.6) is 0 Å². The highest BCUT2D eigenvalue weighted by Crippen LogP contribution is 2.29. The number of carboxylic acid groups (broad SMARTS) is 1. The number of piperidine rings is 1. The van der Waals surface area contributed by atoms with Crippen molar-refractivity contribution in [1.29, 1.82) is 0 Å². The number of nitrogens with zero attached hydrogens (tertiary/aromatic N) is 2. The van der Waals surface area contributed by atoms with E-state index in [1.807, 2.05) is 23.1 Å². The largest absolute Gasteiger partial charge is 0.481 e. The zero-order valence-electron chi connectivity index (χ0n) is 14.5. The first-order valence-corrected chi connectivity index (χ1v) is 9.17. The third-order valence-electron chi connectivity index (χ3n) is 5.22. The second kappa shape index (κ2) is 8.43. The quantitative estimate of drug-likeness (QED) is 0.884. The van der Waals surface area contributed by atoms with Gasteiger partial charge < -0.3 is 14.7 Å². The van der Waals surface area contributed by atoms with Crippen LogP contribution in [0.4, 0.5) is 0 Å². The fourth-order valence-corrected chi connectivity index (χ4v) is 3.70. The number of carbonyl (C=O) groups is 2. The van der Waals surface area contributed by atoms with Gasteiger partial charge in [0.05, 0.1) is 6.42 Å². The topological polar surface area (TPSA) is 79.7 Å². The van der Waals surface area contributed by atoms with Crippen molar-refractivity contribution in [2.75, 3.05) is 26.3 Å². The molecule has 136 valence electrons. The number of rotatable bonds is 5. The summed E-state index contributed by atoms with van der Waals surface area (Å²) in [6.45, 7) is 2.95. The van der Waals surface area contributed by atoms with Crippen LogP contribution in [0.15, 0.2) is 18.2 Å². The second-order valence-corrected chi connectivity index (χ2v) is 6.93. The molecule has 0 unspecified atom stereocenters. The van der Waals surface area contributed by atoms with Crippen molar-refractivity contribution in [3.63, 3.8) is 0 Å². The summed E-state index contributed by atoms with van der Waals surface area (Å²) in [5.74, 6) is -0.0386. The summed E-state index contributed by atoms with van der Waals surface area (Å²) in [4.78, 5) is 30.0. The van der Waals surface area contributed by atoms with Crippen LogP contribution >= 0.6 is 0 Å². The zero-order chi connectivity index (χ0) is 17.6. The summed E-state index contributed by atoms with van der Waals surface area (Å²) >= 11 is 0. The predicted octanol–water partition coefficient (Wildman–Crippen LogP) is 2.23. The highest BCUT2D eigenvalue weighted by atomic mass is 16.5. The Balaban J connectivity index is 1.54. The number of ether oxygens (including phenoxy) is 1. The van der Waals surface area contributed by atoms with Crippen LogP contribution in [0.2, 0.25) is 0 Å². The van der Waals surface area contributed by atoms with Crippen LogP contribution in [-0.2, 0) is 20.7 Å². The molecule has 1 N–H and O–H groups in total. The normalized spacial score (nSPS) is 19.8. The van der Waals surface area contributed by atoms with E-state index in [0.29, 0.717) is 25.6 Å². The van der Waals surface area contributed by atoms with Gasteiger partial charge in [0, 0.05) is 55.9 Å². The SMILES string of the molecule is O=C(O)CCc1cccc(C2CCN(C(=O)C3CCOCC3)CC2)n1. The van der Waals surface area contributed by atoms with Gasteiger partial charge in [-0.25, -0.2) is 0 Å². The van der Waals surface area contributed by atoms with E-state index in [4.69, 9.17) is 9.84 Å². The molecular formula is C19H26N2O4. The molecular weight excluding hydrogens is 320 g/mol. The molecule has 3 heterocycles. The second-order valence-electron chi connectivity index (χ2n) is 6.93. The molecule has 2 aliphatic heterocycles. The lowest BCUT2D eigenvalue weighted by Crippen LogP contribution is -2.42. The molecule has 1 aromatic rings. The lowest BCUT2D eigenvalue weighted by atomic mass is 9.91. The number of hydrogen-bond donors (Lipinski definition) is 1. The van der Waals surface area contributed by atoms with Crippen LogP contribution in [0.3, 0.4) is 0 Å². The van der Waals surface area contributed by atoms with E-state index in [0.717, 1.165) is 50.2 Å². The van der Waals surface area contributed by atoms with Gasteiger partial charge in [-0.1, -0.05) is 6.07 Å². The number of carboxylic acids is 1. The van der Waals surface area contributed by atoms with Gasteiger partial charge in [-0.2, -0.15) is 0 Å². The number of pyridine rings is 1. The third kappa shape index (κ3) is 4.78. The Bertz CT molecular complexity index is 605. The molecule has 0 aliphatic carbocycles. The summed E-state index contributed by atoms with van der Waals surface area (Å²) in [6.07, 6.45) is 4.09. The van der Waals surface area contributed by atoms with Gasteiger partial charge >= 0.3 is 5.97 Å². The number of amides is 1. The average Bonchev–Trinajstić information content (AvgIpc) is 2.67. The van der Waals surface area contributed by atoms with E-state index in [-0.39, 0.29) is 18.2 Å². The molecule has 0 radical (unpaired) electrons. The summed E-state index contributed by atoms with van der Waals surface area (Å²) in [5.41, 5.74) is 1.86. The monoisotopic (exact) mass is 346 g/mol. The van der Waals surface area contributed by atoms with E-state index in [2.05, 4.69) is 4.98 Å². The highest BCUT2D eigenvalue weighted by molar-refractivity contribution is 5.79. The van der Waals surface area contributed by atoms with Crippen molar-refractivity contribution >= 4 is 11.9 Å². The summed E-state index contributed by atoms with van der Waals surface area (Å²) in [5, 5.41) is 8.81. The molecule has 6 nitrogen and oxygen atoms in total. The first kappa shape index (κ1) is 17.9. The molecule has 0 aromatic carbocycles. The van der Waals surface area contributed by atoms with E-state index in [1.165, 1.54) is 0 Å². The lowest BCUT2D eigenvalue weighted by molar-refractivity contribution is -0.139. The van der Waals surface area contributed by atoms with E-state index < -0.39 is 5.97 Å². The lowest BCUT2D eigenvalue weighted by Gasteiger charge is -2.35. The fraction of sp³-hybridized carbons (Fsp3) is 0.632. The maximum absolute atomic E-state index is 12.6. The molecule has 0 spiro atoms. The number of hydrogen-bond acceptors (Lipinski definition) is 4. The summed E-state index contributed by atoms with van der Waals surface area (Å²) in [6, 6.07) is 5.86. The van der Waals surface area contributed by atoms with Gasteiger partial charge in [0.2, 0.25) is 5.91 Å². The molecule has 6 heteroatoms. The van der Waals surface area contributed by atoms with Crippen LogP contribution in [-0.4, -0.2) is 53.2 Å². The predicted molar refractivity (Wildman–Crippen MR) is 92.3 cm³/mol. The molecule has 0 bridgehead atoms. The number of aryl methyl sites for hydroxylation is 1. The van der Waals surface area contributed by atoms with Crippen molar-refractivity contribution in [1.82, 2.24) is 9.88 Å². The van der Waals surface area contributed by atoms with Gasteiger partial charge in [0.25, 0.3) is 0 Å². The molecule has 25 heavy (non-hydrogen) atoms. The number of aromatic nitrogens is 1. The van der Waals surface area contributed by atoms with Gasteiger partial charge in [0.1, 0.15) is 0 Å². The minimum absolute atomic E-state index is 0.106. The van der Waals surface area contributed by atoms with Crippen LogP contribution in [0.1, 0.15) is 49.4 Å². The first-order valence-electron chi connectivity index (χ1n) is 9.17. The number of carbonyl (C=O) groups excluding carboxylic acids is 1. The molecule has 2 aliphatic rings. The maximum atomic E-state index is 12.6. The number of likely N-dealkylation sites (tertiary alicyclic amines) is 1. The molecule has 1 aromatic heterocycles. The maximum Gasteiger partial charge on any atom is 0.303 e. The van der Waals surface area contributed by atoms with Gasteiger partial charge in [-0.05, 0) is 37.8 Å². The molecule has 0 saturated carbocycles. The Kier molecular flexibility index (Phi) is 6.02. The standard InChI is InChI=1S/C19H26N2O4/c22-18(23)5-4-16-2-1-3-17(20-16)14-6-10-21(11-7-14)19(24)15-8-12-25-13-9-15/h1-3,14-15H,4-13H2,(H,22,23). The Morgan fingerprint density at radius 3 is 2.56 bits per heavy atom. The van der Waals surface area contributed by atoms with Crippen molar-refractivity contribution in [3.8, 4) is 0 Å². The Hall–Kier alpha value is -1.95. The van der Waals surface area contributed by atoms with Crippen molar-refractivity contribution in [3.05, 3.63) is 29.6 Å². The van der Waals surface area contributed by atoms with Gasteiger partial charge in [0.15, 0.2) is 0 Å². The average molecular weight is 346 g/mol. The van der Waals surface area contributed by atoms with Crippen LogP contribution in [0, 0.1) is 5.92 Å². The minimum atomic E-state index is -0.799. The molecule has 3 rings (SSSR count). The van der Waals surface area contributed by atoms with Crippen LogP contribution in [0.25, 0.3) is 0 Å². The van der Waals surface area contributed by atoms with E-state index >= 15 is 0 Å². The Morgan fingerprint density at radius 1 is 1.16 bits per heavy atom. The molecule has 0 atom stereocenters. The third-order valence-corrected chi connectivity index (χ3v) is 5.22. The Labute approximate surface area is 148 Å².